The van der Waals surface area contributed by atoms with Crippen molar-refractivity contribution in [3.05, 3.63) is 66.6 Å². The van der Waals surface area contributed by atoms with Crippen LogP contribution in [0.5, 0.6) is 5.75 Å². The van der Waals surface area contributed by atoms with E-state index in [9.17, 15) is 0 Å². The van der Waals surface area contributed by atoms with Gasteiger partial charge in [-0.2, -0.15) is 0 Å². The van der Waals surface area contributed by atoms with E-state index in [4.69, 9.17) is 19.9 Å². The van der Waals surface area contributed by atoms with Crippen LogP contribution >= 0.6 is 0 Å². The van der Waals surface area contributed by atoms with Crippen molar-refractivity contribution in [3.8, 4) is 16.9 Å². The van der Waals surface area contributed by atoms with Crippen LogP contribution in [0.25, 0.3) is 11.1 Å². The van der Waals surface area contributed by atoms with Crippen LogP contribution in [-0.2, 0) is 15.3 Å². The highest BCUT2D eigenvalue weighted by atomic mass is 16.7. The topological polar surface area (TPSA) is 57.0 Å². The van der Waals surface area contributed by atoms with Gasteiger partial charge in [-0.05, 0) is 69.1 Å². The fraction of sp³-hybridized carbons (Fsp3) is 0.440. The molecule has 160 valence electrons. The molecule has 2 heterocycles. The molecule has 0 aliphatic carbocycles. The third-order valence-electron chi connectivity index (χ3n) is 6.52. The second kappa shape index (κ2) is 9.11. The Morgan fingerprint density at radius 2 is 1.73 bits per heavy atom. The number of likely N-dealkylation sites (tertiary alicyclic amines) is 1. The Hall–Kier alpha value is -2.50. The van der Waals surface area contributed by atoms with Crippen LogP contribution in [0.1, 0.15) is 31.7 Å². The lowest BCUT2D eigenvalue weighted by Crippen LogP contribution is -2.47. The van der Waals surface area contributed by atoms with Crippen LogP contribution < -0.4 is 10.5 Å². The van der Waals surface area contributed by atoms with Crippen LogP contribution in [0.4, 0.5) is 0 Å². The predicted molar refractivity (Wildman–Crippen MR) is 119 cm³/mol. The number of benzene rings is 2. The van der Waals surface area contributed by atoms with E-state index in [1.54, 1.807) is 19.6 Å². The summed E-state index contributed by atoms with van der Waals surface area (Å²) in [5.41, 5.74) is 9.10. The summed E-state index contributed by atoms with van der Waals surface area (Å²) < 4.78 is 17.8. The van der Waals surface area contributed by atoms with Crippen molar-refractivity contribution in [3.63, 3.8) is 0 Å². The Bertz CT molecular complexity index is 849. The van der Waals surface area contributed by atoms with Crippen molar-refractivity contribution < 1.29 is 14.2 Å². The summed E-state index contributed by atoms with van der Waals surface area (Å²) in [7, 11) is 1.69. The van der Waals surface area contributed by atoms with E-state index < -0.39 is 5.79 Å². The maximum Gasteiger partial charge on any atom is 0.280 e. The van der Waals surface area contributed by atoms with Gasteiger partial charge in [0.2, 0.25) is 0 Å². The van der Waals surface area contributed by atoms with E-state index in [1.807, 2.05) is 12.1 Å². The smallest absolute Gasteiger partial charge is 0.280 e. The third-order valence-corrected chi connectivity index (χ3v) is 6.52. The maximum absolute atomic E-state index is 6.25. The molecule has 0 aromatic heterocycles. The summed E-state index contributed by atoms with van der Waals surface area (Å²) in [6.45, 7) is 5.07. The molecule has 2 aromatic carbocycles. The highest BCUT2D eigenvalue weighted by Crippen LogP contribution is 2.47. The molecule has 2 N–H and O–H groups in total. The molecule has 0 saturated carbocycles. The van der Waals surface area contributed by atoms with E-state index >= 15 is 0 Å². The first kappa shape index (κ1) is 20.8. The first-order valence-corrected chi connectivity index (χ1v) is 10.9. The molecular formula is C25H32N2O3. The molecule has 30 heavy (non-hydrogen) atoms. The largest absolute Gasteiger partial charge is 0.497 e. The van der Waals surface area contributed by atoms with Gasteiger partial charge in [0.1, 0.15) is 18.3 Å². The van der Waals surface area contributed by atoms with E-state index in [0.717, 1.165) is 61.3 Å². The van der Waals surface area contributed by atoms with Gasteiger partial charge in [0.05, 0.1) is 7.11 Å². The van der Waals surface area contributed by atoms with Gasteiger partial charge in [-0.15, -0.1) is 0 Å². The van der Waals surface area contributed by atoms with Gasteiger partial charge in [0.25, 0.3) is 5.79 Å². The first-order chi connectivity index (χ1) is 14.7. The lowest BCUT2D eigenvalue weighted by atomic mass is 9.81. The second-order valence-corrected chi connectivity index (χ2v) is 8.19. The summed E-state index contributed by atoms with van der Waals surface area (Å²) in [6, 6.07) is 17.1. The average Bonchev–Trinajstić information content (AvgIpc) is 3.30. The summed E-state index contributed by atoms with van der Waals surface area (Å²) in [6.07, 6.45) is 6.45. The normalized spacial score (nSPS) is 19.8. The molecule has 0 radical (unpaired) electrons. The summed E-state index contributed by atoms with van der Waals surface area (Å²) in [4.78, 5) is 2.54. The first-order valence-electron chi connectivity index (χ1n) is 10.9. The zero-order valence-corrected chi connectivity index (χ0v) is 17.9. The van der Waals surface area contributed by atoms with Gasteiger partial charge in [-0.25, -0.2) is 0 Å². The van der Waals surface area contributed by atoms with Crippen molar-refractivity contribution in [2.24, 2.45) is 11.7 Å². The van der Waals surface area contributed by atoms with Crippen molar-refractivity contribution in [1.29, 1.82) is 0 Å². The molecule has 1 unspecified atom stereocenters. The van der Waals surface area contributed by atoms with Crippen molar-refractivity contribution in [2.75, 3.05) is 26.7 Å². The van der Waals surface area contributed by atoms with Crippen LogP contribution in [0.3, 0.4) is 0 Å². The van der Waals surface area contributed by atoms with Gasteiger partial charge in [-0.3, -0.25) is 0 Å². The molecule has 1 saturated heterocycles. The van der Waals surface area contributed by atoms with Gasteiger partial charge in [-0.1, -0.05) is 36.4 Å². The summed E-state index contributed by atoms with van der Waals surface area (Å²) in [5, 5.41) is 0. The second-order valence-electron chi connectivity index (χ2n) is 8.19. The molecule has 0 bridgehead atoms. The summed E-state index contributed by atoms with van der Waals surface area (Å²) >= 11 is 0. The number of methoxy groups -OCH3 is 1. The molecule has 5 nitrogen and oxygen atoms in total. The van der Waals surface area contributed by atoms with Crippen LogP contribution in [0.2, 0.25) is 0 Å². The lowest BCUT2D eigenvalue weighted by molar-refractivity contribution is -0.201. The van der Waals surface area contributed by atoms with E-state index in [2.05, 4.69) is 48.2 Å². The Labute approximate surface area is 179 Å². The van der Waals surface area contributed by atoms with E-state index in [-0.39, 0.29) is 5.92 Å². The van der Waals surface area contributed by atoms with Gasteiger partial charge < -0.3 is 24.8 Å². The Kier molecular flexibility index (Phi) is 6.30. The van der Waals surface area contributed by atoms with Gasteiger partial charge in [0, 0.05) is 17.5 Å². The average molecular weight is 409 g/mol. The van der Waals surface area contributed by atoms with E-state index in [1.165, 1.54) is 0 Å². The van der Waals surface area contributed by atoms with Crippen molar-refractivity contribution in [2.45, 2.75) is 38.0 Å². The SMILES string of the molecule is COc1ccc(-c2ccccc2C2(C3CCN(C(C)CCN)CC3)OC=CO2)cc1. The molecule has 1 atom stereocenters. The molecule has 0 amide bonds. The Balaban J connectivity index is 1.62. The fourth-order valence-corrected chi connectivity index (χ4v) is 4.78. The predicted octanol–water partition coefficient (Wildman–Crippen LogP) is 4.48. The Morgan fingerprint density at radius 1 is 1.07 bits per heavy atom. The minimum atomic E-state index is -0.778. The van der Waals surface area contributed by atoms with E-state index in [0.29, 0.717) is 6.04 Å². The number of rotatable bonds is 7. The minimum absolute atomic E-state index is 0.272. The summed E-state index contributed by atoms with van der Waals surface area (Å²) in [5.74, 6) is 0.341. The lowest BCUT2D eigenvalue weighted by Gasteiger charge is -2.43. The molecule has 4 rings (SSSR count). The quantitative estimate of drug-likeness (QED) is 0.732. The molecule has 2 aromatic rings. The Morgan fingerprint density at radius 3 is 2.37 bits per heavy atom. The third kappa shape index (κ3) is 3.92. The molecule has 2 aliphatic rings. The monoisotopic (exact) mass is 408 g/mol. The van der Waals surface area contributed by atoms with Crippen LogP contribution in [0, 0.1) is 5.92 Å². The highest BCUT2D eigenvalue weighted by Gasteiger charge is 2.48. The van der Waals surface area contributed by atoms with Gasteiger partial charge in [0.15, 0.2) is 0 Å². The van der Waals surface area contributed by atoms with Gasteiger partial charge >= 0.3 is 0 Å². The number of ether oxygens (including phenoxy) is 3. The standard InChI is InChI=1S/C25H32N2O3/c1-19(11-14-26)27-15-12-21(13-16-27)25(29-17-18-30-25)24-6-4-3-5-23(24)20-7-9-22(28-2)10-8-20/h3-10,17-19,21H,11-16,26H2,1-2H3. The zero-order chi connectivity index (χ0) is 21.0. The van der Waals surface area contributed by atoms with Crippen molar-refractivity contribution in [1.82, 2.24) is 4.90 Å². The minimum Gasteiger partial charge on any atom is -0.497 e. The molecular weight excluding hydrogens is 376 g/mol. The number of piperidine rings is 1. The van der Waals surface area contributed by atoms with Crippen LogP contribution in [0.15, 0.2) is 61.1 Å². The number of nitrogens with zero attached hydrogens (tertiary/aromatic N) is 1. The van der Waals surface area contributed by atoms with Crippen molar-refractivity contribution >= 4 is 0 Å². The molecule has 2 aliphatic heterocycles. The maximum atomic E-state index is 6.25. The zero-order valence-electron chi connectivity index (χ0n) is 17.9. The van der Waals surface area contributed by atoms with Crippen LogP contribution in [-0.4, -0.2) is 37.7 Å². The highest BCUT2D eigenvalue weighted by molar-refractivity contribution is 5.69. The number of nitrogens with two attached hydrogens (primary N) is 1. The fourth-order valence-electron chi connectivity index (χ4n) is 4.78. The molecule has 1 fully saturated rings. The number of hydrogen-bond acceptors (Lipinski definition) is 5. The number of hydrogen-bond donors (Lipinski definition) is 1. The molecule has 5 heteroatoms. The molecule has 0 spiro atoms.